The van der Waals surface area contributed by atoms with Crippen LogP contribution in [-0.2, 0) is 0 Å². The molecular weight excluding hydrogens is 545 g/mol. The maximum Gasteiger partial charge on any atom is 0.103 e. The molecule has 6 aromatic carbocycles. The molecular formula is C38H20N4S. The van der Waals surface area contributed by atoms with Crippen LogP contribution in [0.3, 0.4) is 0 Å². The van der Waals surface area contributed by atoms with E-state index in [1.165, 1.54) is 25.6 Å². The van der Waals surface area contributed by atoms with Crippen LogP contribution in [0.4, 0.5) is 0 Å². The van der Waals surface area contributed by atoms with Gasteiger partial charge in [-0.3, -0.25) is 0 Å². The van der Waals surface area contributed by atoms with Crippen LogP contribution < -0.4 is 0 Å². The average Bonchev–Trinajstić information content (AvgIpc) is 3.71. The fraction of sp³-hybridized carbons (Fsp3) is 0. The summed E-state index contributed by atoms with van der Waals surface area (Å²) in [6.45, 7) is 0. The van der Waals surface area contributed by atoms with Crippen molar-refractivity contribution >= 4 is 75.1 Å². The van der Waals surface area contributed by atoms with Gasteiger partial charge in [0.25, 0.3) is 0 Å². The Morgan fingerprint density at radius 1 is 0.512 bits per heavy atom. The molecule has 0 aliphatic rings. The highest BCUT2D eigenvalue weighted by Gasteiger charge is 2.22. The van der Waals surface area contributed by atoms with E-state index in [-0.39, 0.29) is 0 Å². The molecule has 0 atom stereocenters. The topological polar surface area (TPSA) is 57.4 Å². The number of nitriles is 2. The molecule has 0 bridgehead atoms. The maximum atomic E-state index is 10.4. The number of rotatable bonds is 2. The summed E-state index contributed by atoms with van der Waals surface area (Å²) in [5.41, 5.74) is 6.38. The van der Waals surface area contributed by atoms with Crippen molar-refractivity contribution in [1.29, 1.82) is 10.5 Å². The Hall–Kier alpha value is -5.88. The lowest BCUT2D eigenvalue weighted by atomic mass is 10.0. The van der Waals surface area contributed by atoms with E-state index in [4.69, 9.17) is 0 Å². The summed E-state index contributed by atoms with van der Waals surface area (Å²) in [7, 11) is 0. The zero-order valence-corrected chi connectivity index (χ0v) is 23.6. The van der Waals surface area contributed by atoms with Crippen LogP contribution in [-0.4, -0.2) is 9.13 Å². The molecule has 0 amide bonds. The highest BCUT2D eigenvalue weighted by atomic mass is 32.1. The van der Waals surface area contributed by atoms with Crippen LogP contribution in [0.1, 0.15) is 11.1 Å². The van der Waals surface area contributed by atoms with Crippen LogP contribution in [0, 0.1) is 22.7 Å². The van der Waals surface area contributed by atoms with Gasteiger partial charge in [-0.05, 0) is 42.5 Å². The Balaban J connectivity index is 1.44. The van der Waals surface area contributed by atoms with E-state index in [2.05, 4.69) is 112 Å². The van der Waals surface area contributed by atoms with Gasteiger partial charge in [0.15, 0.2) is 0 Å². The fourth-order valence-corrected chi connectivity index (χ4v) is 8.08. The SMILES string of the molecule is N#Cc1cc(-n2c3ccccc3c3c4sc5ccccc5c4ccc32)cc(-n2c3ccccc3c3ccccc32)c1C#N. The van der Waals surface area contributed by atoms with Crippen molar-refractivity contribution < 1.29 is 0 Å². The molecule has 4 nitrogen and oxygen atoms in total. The van der Waals surface area contributed by atoms with Crippen molar-refractivity contribution in [2.75, 3.05) is 0 Å². The van der Waals surface area contributed by atoms with Gasteiger partial charge < -0.3 is 9.13 Å². The quantitative estimate of drug-likeness (QED) is 0.210. The summed E-state index contributed by atoms with van der Waals surface area (Å²) in [6, 6.07) is 46.6. The summed E-state index contributed by atoms with van der Waals surface area (Å²) >= 11 is 1.82. The highest BCUT2D eigenvalue weighted by Crippen LogP contribution is 2.44. The second-order valence-electron chi connectivity index (χ2n) is 10.8. The number of aromatic nitrogens is 2. The Morgan fingerprint density at radius 3 is 1.79 bits per heavy atom. The van der Waals surface area contributed by atoms with E-state index < -0.39 is 0 Å². The minimum absolute atomic E-state index is 0.353. The summed E-state index contributed by atoms with van der Waals surface area (Å²) in [4.78, 5) is 0. The molecule has 0 fully saturated rings. The smallest absolute Gasteiger partial charge is 0.103 e. The first-order chi connectivity index (χ1) is 21.3. The molecule has 3 aromatic heterocycles. The minimum atomic E-state index is 0.353. The molecule has 0 aliphatic carbocycles. The second kappa shape index (κ2) is 8.81. The summed E-state index contributed by atoms with van der Waals surface area (Å²) in [5.74, 6) is 0. The van der Waals surface area contributed by atoms with Crippen molar-refractivity contribution in [2.45, 2.75) is 0 Å². The van der Waals surface area contributed by atoms with E-state index >= 15 is 0 Å². The van der Waals surface area contributed by atoms with Crippen LogP contribution in [0.25, 0.3) is 75.2 Å². The molecule has 0 saturated carbocycles. The molecule has 0 spiro atoms. The van der Waals surface area contributed by atoms with Crippen molar-refractivity contribution in [3.05, 3.63) is 132 Å². The van der Waals surface area contributed by atoms with Crippen molar-refractivity contribution in [1.82, 2.24) is 9.13 Å². The number of hydrogen-bond donors (Lipinski definition) is 0. The van der Waals surface area contributed by atoms with Gasteiger partial charge in [-0.15, -0.1) is 11.3 Å². The van der Waals surface area contributed by atoms with Crippen LogP contribution in [0.5, 0.6) is 0 Å². The third-order valence-corrected chi connectivity index (χ3v) is 9.80. The van der Waals surface area contributed by atoms with E-state index in [1.54, 1.807) is 0 Å². The number of benzene rings is 6. The molecule has 43 heavy (non-hydrogen) atoms. The predicted octanol–water partition coefficient (Wildman–Crippen LogP) is 9.99. The third-order valence-electron chi connectivity index (χ3n) is 8.59. The molecule has 5 heteroatoms. The van der Waals surface area contributed by atoms with Gasteiger partial charge >= 0.3 is 0 Å². The molecule has 0 N–H and O–H groups in total. The van der Waals surface area contributed by atoms with Gasteiger partial charge in [0, 0.05) is 47.4 Å². The average molecular weight is 565 g/mol. The highest BCUT2D eigenvalue weighted by molar-refractivity contribution is 7.26. The van der Waals surface area contributed by atoms with E-state index in [9.17, 15) is 10.5 Å². The Labute approximate surface area is 250 Å². The number of nitrogens with zero attached hydrogens (tertiary/aromatic N) is 4. The molecule has 198 valence electrons. The Bertz CT molecular complexity index is 2650. The van der Waals surface area contributed by atoms with Crippen LogP contribution in [0.2, 0.25) is 0 Å². The van der Waals surface area contributed by atoms with Crippen LogP contribution in [0.15, 0.2) is 121 Å². The first kappa shape index (κ1) is 23.8. The normalized spacial score (nSPS) is 11.7. The van der Waals surface area contributed by atoms with E-state index in [0.29, 0.717) is 16.8 Å². The number of hydrogen-bond acceptors (Lipinski definition) is 3. The van der Waals surface area contributed by atoms with Crippen molar-refractivity contribution in [2.24, 2.45) is 0 Å². The van der Waals surface area contributed by atoms with Crippen molar-refractivity contribution in [3.8, 4) is 23.5 Å². The first-order valence-electron chi connectivity index (χ1n) is 14.1. The minimum Gasteiger partial charge on any atom is -0.309 e. The predicted molar refractivity (Wildman–Crippen MR) is 177 cm³/mol. The van der Waals surface area contributed by atoms with Gasteiger partial charge in [0.05, 0.1) is 38.9 Å². The van der Waals surface area contributed by atoms with E-state index in [1.807, 2.05) is 41.7 Å². The third kappa shape index (κ3) is 3.17. The van der Waals surface area contributed by atoms with Gasteiger partial charge in [0.2, 0.25) is 0 Å². The zero-order valence-electron chi connectivity index (χ0n) is 22.7. The Kier molecular flexibility index (Phi) is 4.87. The molecule has 9 rings (SSSR count). The first-order valence-corrected chi connectivity index (χ1v) is 14.9. The monoisotopic (exact) mass is 564 g/mol. The lowest BCUT2D eigenvalue weighted by Crippen LogP contribution is -2.04. The van der Waals surface area contributed by atoms with Gasteiger partial charge in [-0.25, -0.2) is 0 Å². The lowest BCUT2D eigenvalue weighted by Gasteiger charge is -2.15. The summed E-state index contributed by atoms with van der Waals surface area (Å²) < 4.78 is 6.89. The molecule has 0 unspecified atom stereocenters. The van der Waals surface area contributed by atoms with Crippen LogP contribution >= 0.6 is 11.3 Å². The molecule has 9 aromatic rings. The molecule has 3 heterocycles. The van der Waals surface area contributed by atoms with Crippen molar-refractivity contribution in [3.63, 3.8) is 0 Å². The standard InChI is InChI=1S/C38H20N4S/c39-21-23-19-24(20-35(30(23)22-40)42-31-13-5-1-9-25(31)26-10-2-6-14-32(26)42)41-33-15-7-3-12-29(33)37-34(41)18-17-28-27-11-4-8-16-36(27)43-38(28)37/h1-20H. The summed E-state index contributed by atoms with van der Waals surface area (Å²) in [6.07, 6.45) is 0. The number of fused-ring (bicyclic) bond motifs is 10. The Morgan fingerprint density at radius 2 is 1.12 bits per heavy atom. The molecule has 0 aliphatic heterocycles. The van der Waals surface area contributed by atoms with E-state index in [0.717, 1.165) is 43.9 Å². The number of para-hydroxylation sites is 3. The maximum absolute atomic E-state index is 10.4. The fourth-order valence-electron chi connectivity index (χ4n) is 6.82. The van der Waals surface area contributed by atoms with Gasteiger partial charge in [0.1, 0.15) is 12.1 Å². The lowest BCUT2D eigenvalue weighted by molar-refractivity contribution is 1.12. The zero-order chi connectivity index (χ0) is 28.7. The second-order valence-corrected chi connectivity index (χ2v) is 11.8. The molecule has 0 radical (unpaired) electrons. The summed E-state index contributed by atoms with van der Waals surface area (Å²) in [5, 5.41) is 27.8. The molecule has 0 saturated heterocycles. The van der Waals surface area contributed by atoms with Gasteiger partial charge in [-0.2, -0.15) is 10.5 Å². The van der Waals surface area contributed by atoms with Gasteiger partial charge in [-0.1, -0.05) is 78.9 Å². The largest absolute Gasteiger partial charge is 0.309 e. The number of thiophene rings is 1.